The van der Waals surface area contributed by atoms with Gasteiger partial charge in [0, 0.05) is 37.9 Å². The van der Waals surface area contributed by atoms with Crippen LogP contribution in [-0.4, -0.2) is 43.7 Å². The second-order valence-electron chi connectivity index (χ2n) is 5.16. The first-order valence-corrected chi connectivity index (χ1v) is 7.05. The highest BCUT2D eigenvalue weighted by Crippen LogP contribution is 2.28. The molecule has 0 heterocycles. The molecule has 0 unspecified atom stereocenters. The van der Waals surface area contributed by atoms with Crippen molar-refractivity contribution in [1.82, 2.24) is 10.2 Å². The van der Waals surface area contributed by atoms with Gasteiger partial charge < -0.3 is 15.0 Å². The molecule has 0 saturated heterocycles. The van der Waals surface area contributed by atoms with E-state index in [2.05, 4.69) is 5.32 Å². The first kappa shape index (κ1) is 15.9. The van der Waals surface area contributed by atoms with E-state index in [1.54, 1.807) is 12.0 Å². The summed E-state index contributed by atoms with van der Waals surface area (Å²) in [5, 5.41) is 2.99. The van der Waals surface area contributed by atoms with Crippen LogP contribution in [0.3, 0.4) is 0 Å². The van der Waals surface area contributed by atoms with Crippen LogP contribution in [0.4, 0.5) is 8.78 Å². The van der Waals surface area contributed by atoms with Crippen LogP contribution in [0.5, 0.6) is 0 Å². The predicted octanol–water partition coefficient (Wildman–Crippen LogP) is 1.69. The number of ether oxygens (including phenoxy) is 1. The maximum atomic E-state index is 13.7. The van der Waals surface area contributed by atoms with Crippen LogP contribution in [0.25, 0.3) is 0 Å². The molecule has 1 N–H and O–H groups in total. The minimum atomic E-state index is -0.610. The average Bonchev–Trinajstić information content (AvgIpc) is 3.27. The molecule has 1 aromatic rings. The number of hydrogen-bond acceptors (Lipinski definition) is 3. The van der Waals surface area contributed by atoms with Gasteiger partial charge in [0.05, 0.1) is 13.2 Å². The fourth-order valence-electron chi connectivity index (χ4n) is 2.11. The molecular weight excluding hydrogens is 278 g/mol. The highest BCUT2D eigenvalue weighted by molar-refractivity contribution is 5.79. The van der Waals surface area contributed by atoms with Crippen LogP contribution in [0, 0.1) is 11.6 Å². The van der Waals surface area contributed by atoms with Crippen molar-refractivity contribution >= 4 is 5.91 Å². The van der Waals surface area contributed by atoms with E-state index in [1.807, 2.05) is 0 Å². The lowest BCUT2D eigenvalue weighted by atomic mass is 10.2. The third-order valence-electron chi connectivity index (χ3n) is 3.42. The molecule has 0 aromatic heterocycles. The van der Waals surface area contributed by atoms with Gasteiger partial charge in [-0.05, 0) is 18.9 Å². The smallest absolute Gasteiger partial charge is 0.237 e. The van der Waals surface area contributed by atoms with E-state index in [4.69, 9.17) is 4.74 Å². The maximum absolute atomic E-state index is 13.7. The number of halogens is 2. The number of benzene rings is 1. The summed E-state index contributed by atoms with van der Waals surface area (Å²) in [7, 11) is 1.59. The van der Waals surface area contributed by atoms with Crippen LogP contribution < -0.4 is 5.32 Å². The van der Waals surface area contributed by atoms with Crippen LogP contribution in [0.1, 0.15) is 18.4 Å². The van der Waals surface area contributed by atoms with Crippen molar-refractivity contribution in [3.8, 4) is 0 Å². The molecule has 6 heteroatoms. The largest absolute Gasteiger partial charge is 0.383 e. The van der Waals surface area contributed by atoms with Crippen molar-refractivity contribution in [2.45, 2.75) is 25.4 Å². The summed E-state index contributed by atoms with van der Waals surface area (Å²) in [5.41, 5.74) is 0.341. The van der Waals surface area contributed by atoms with Gasteiger partial charge in [-0.2, -0.15) is 0 Å². The van der Waals surface area contributed by atoms with Gasteiger partial charge in [-0.1, -0.05) is 6.07 Å². The van der Waals surface area contributed by atoms with Gasteiger partial charge in [-0.15, -0.1) is 0 Å². The molecular formula is C15H20F2N2O2. The topological polar surface area (TPSA) is 41.6 Å². The molecule has 2 rings (SSSR count). The van der Waals surface area contributed by atoms with Crippen molar-refractivity contribution in [2.75, 3.05) is 26.8 Å². The maximum Gasteiger partial charge on any atom is 0.237 e. The van der Waals surface area contributed by atoms with Crippen molar-refractivity contribution in [3.63, 3.8) is 0 Å². The second-order valence-corrected chi connectivity index (χ2v) is 5.16. The van der Waals surface area contributed by atoms with Gasteiger partial charge in [0.2, 0.25) is 5.91 Å². The van der Waals surface area contributed by atoms with Gasteiger partial charge in [0.15, 0.2) is 0 Å². The molecule has 0 radical (unpaired) electrons. The normalized spacial score (nSPS) is 14.2. The van der Waals surface area contributed by atoms with E-state index in [1.165, 1.54) is 12.1 Å². The summed E-state index contributed by atoms with van der Waals surface area (Å²) in [4.78, 5) is 13.9. The fourth-order valence-corrected chi connectivity index (χ4v) is 2.11. The molecule has 0 bridgehead atoms. The van der Waals surface area contributed by atoms with Crippen molar-refractivity contribution < 1.29 is 18.3 Å². The van der Waals surface area contributed by atoms with Gasteiger partial charge in [-0.25, -0.2) is 8.78 Å². The Hall–Kier alpha value is -1.53. The third-order valence-corrected chi connectivity index (χ3v) is 3.42. The lowest BCUT2D eigenvalue weighted by Gasteiger charge is -2.23. The molecule has 116 valence electrons. The first-order chi connectivity index (χ1) is 10.1. The zero-order chi connectivity index (χ0) is 15.2. The molecule has 1 aliphatic carbocycles. The highest BCUT2D eigenvalue weighted by atomic mass is 19.1. The zero-order valence-electron chi connectivity index (χ0n) is 12.1. The van der Waals surface area contributed by atoms with E-state index in [0.29, 0.717) is 18.7 Å². The Bertz CT molecular complexity index is 493. The summed E-state index contributed by atoms with van der Waals surface area (Å²) in [6.07, 6.45) is 1.87. The SMILES string of the molecule is COCCNCC(=O)N(Cc1ccc(F)cc1F)C1CC1. The van der Waals surface area contributed by atoms with Gasteiger partial charge >= 0.3 is 0 Å². The van der Waals surface area contributed by atoms with Gasteiger partial charge in [-0.3, -0.25) is 4.79 Å². The minimum absolute atomic E-state index is 0.0719. The monoisotopic (exact) mass is 298 g/mol. The van der Waals surface area contributed by atoms with E-state index in [0.717, 1.165) is 18.9 Å². The average molecular weight is 298 g/mol. The minimum Gasteiger partial charge on any atom is -0.383 e. The Morgan fingerprint density at radius 3 is 2.81 bits per heavy atom. The van der Waals surface area contributed by atoms with Crippen LogP contribution >= 0.6 is 0 Å². The molecule has 1 saturated carbocycles. The molecule has 0 spiro atoms. The number of methoxy groups -OCH3 is 1. The number of nitrogens with zero attached hydrogens (tertiary/aromatic N) is 1. The van der Waals surface area contributed by atoms with Gasteiger partial charge in [0.25, 0.3) is 0 Å². The second kappa shape index (κ2) is 7.47. The lowest BCUT2D eigenvalue weighted by molar-refractivity contribution is -0.131. The van der Waals surface area contributed by atoms with Crippen LogP contribution in [0.15, 0.2) is 18.2 Å². The summed E-state index contributed by atoms with van der Waals surface area (Å²) in [6.45, 7) is 1.50. The first-order valence-electron chi connectivity index (χ1n) is 7.05. The number of rotatable bonds is 8. The molecule has 21 heavy (non-hydrogen) atoms. The van der Waals surface area contributed by atoms with E-state index in [9.17, 15) is 13.6 Å². The standard InChI is InChI=1S/C15H20F2N2O2/c1-21-7-6-18-9-15(20)19(13-4-5-13)10-11-2-3-12(16)8-14(11)17/h2-3,8,13,18H,4-7,9-10H2,1H3. The lowest BCUT2D eigenvalue weighted by Crippen LogP contribution is -2.40. The Morgan fingerprint density at radius 1 is 1.43 bits per heavy atom. The molecule has 0 atom stereocenters. The molecule has 1 amide bonds. The number of carbonyl (C=O) groups excluding carboxylic acids is 1. The molecule has 0 aliphatic heterocycles. The highest BCUT2D eigenvalue weighted by Gasteiger charge is 2.32. The molecule has 4 nitrogen and oxygen atoms in total. The quantitative estimate of drug-likeness (QED) is 0.743. The Morgan fingerprint density at radius 2 is 2.19 bits per heavy atom. The summed E-state index contributed by atoms with van der Waals surface area (Å²) in [6, 6.07) is 3.63. The van der Waals surface area contributed by atoms with E-state index in [-0.39, 0.29) is 25.0 Å². The summed E-state index contributed by atoms with van der Waals surface area (Å²) in [5.74, 6) is -1.29. The Kier molecular flexibility index (Phi) is 5.64. The van der Waals surface area contributed by atoms with Crippen molar-refractivity contribution in [2.24, 2.45) is 0 Å². The molecule has 1 fully saturated rings. The number of amides is 1. The molecule has 1 aromatic carbocycles. The van der Waals surface area contributed by atoms with Crippen molar-refractivity contribution in [1.29, 1.82) is 0 Å². The summed E-state index contributed by atoms with van der Waals surface area (Å²) >= 11 is 0. The van der Waals surface area contributed by atoms with E-state index >= 15 is 0 Å². The third kappa shape index (κ3) is 4.75. The number of hydrogen-bond donors (Lipinski definition) is 1. The number of carbonyl (C=O) groups is 1. The Balaban J connectivity index is 1.94. The zero-order valence-corrected chi connectivity index (χ0v) is 12.1. The predicted molar refractivity (Wildman–Crippen MR) is 74.7 cm³/mol. The van der Waals surface area contributed by atoms with Crippen molar-refractivity contribution in [3.05, 3.63) is 35.4 Å². The Labute approximate surface area is 123 Å². The van der Waals surface area contributed by atoms with Gasteiger partial charge in [0.1, 0.15) is 11.6 Å². The molecule has 1 aliphatic rings. The van der Waals surface area contributed by atoms with Crippen LogP contribution in [0.2, 0.25) is 0 Å². The van der Waals surface area contributed by atoms with E-state index < -0.39 is 11.6 Å². The fraction of sp³-hybridized carbons (Fsp3) is 0.533. The number of nitrogens with one attached hydrogen (secondary N) is 1. The summed E-state index contributed by atoms with van der Waals surface area (Å²) < 4.78 is 31.5. The van der Waals surface area contributed by atoms with Crippen LogP contribution in [-0.2, 0) is 16.1 Å².